The van der Waals surface area contributed by atoms with Gasteiger partial charge in [0.2, 0.25) is 5.88 Å². The van der Waals surface area contributed by atoms with Crippen molar-refractivity contribution in [3.8, 4) is 5.88 Å². The molecule has 3 aromatic rings. The van der Waals surface area contributed by atoms with Crippen LogP contribution in [-0.2, 0) is 6.61 Å². The van der Waals surface area contributed by atoms with Crippen molar-refractivity contribution in [2.24, 2.45) is 0 Å². The van der Waals surface area contributed by atoms with Crippen LogP contribution in [0, 0.1) is 13.8 Å². The number of aryl methyl sites for hydroxylation is 2. The van der Waals surface area contributed by atoms with Gasteiger partial charge in [-0.15, -0.1) is 11.3 Å². The number of thiophene rings is 1. The third-order valence-corrected chi connectivity index (χ3v) is 4.23. The Morgan fingerprint density at radius 1 is 1.11 bits per heavy atom. The zero-order chi connectivity index (χ0) is 13.2. The first-order valence-electron chi connectivity index (χ1n) is 6.27. The quantitative estimate of drug-likeness (QED) is 0.698. The monoisotopic (exact) mass is 269 g/mol. The zero-order valence-corrected chi connectivity index (χ0v) is 11.8. The number of fused-ring (bicyclic) bond motifs is 1. The minimum atomic E-state index is 0.559. The Kier molecular flexibility index (Phi) is 3.22. The molecule has 0 aliphatic rings. The van der Waals surface area contributed by atoms with E-state index in [9.17, 15) is 0 Å². The smallest absolute Gasteiger partial charge is 0.217 e. The summed E-state index contributed by atoms with van der Waals surface area (Å²) in [5.74, 6) is 0.743. The minimum Gasteiger partial charge on any atom is -0.473 e. The van der Waals surface area contributed by atoms with Crippen molar-refractivity contribution in [3.63, 3.8) is 0 Å². The van der Waals surface area contributed by atoms with Crippen LogP contribution in [0.4, 0.5) is 0 Å². The molecule has 0 spiro atoms. The van der Waals surface area contributed by atoms with Crippen LogP contribution in [-0.4, -0.2) is 4.98 Å². The van der Waals surface area contributed by atoms with Gasteiger partial charge in [0.25, 0.3) is 0 Å². The normalized spacial score (nSPS) is 10.8. The second-order valence-corrected chi connectivity index (χ2v) is 5.48. The van der Waals surface area contributed by atoms with E-state index in [0.717, 1.165) is 22.7 Å². The molecule has 0 saturated carbocycles. The van der Waals surface area contributed by atoms with Crippen LogP contribution in [0.15, 0.2) is 41.8 Å². The lowest BCUT2D eigenvalue weighted by atomic mass is 10.2. The Morgan fingerprint density at radius 3 is 2.68 bits per heavy atom. The van der Waals surface area contributed by atoms with Crippen molar-refractivity contribution in [1.82, 2.24) is 4.98 Å². The molecule has 3 rings (SSSR count). The fraction of sp³-hybridized carbons (Fsp3) is 0.188. The molecule has 0 bridgehead atoms. The predicted molar refractivity (Wildman–Crippen MR) is 79.9 cm³/mol. The van der Waals surface area contributed by atoms with E-state index in [0.29, 0.717) is 6.61 Å². The lowest BCUT2D eigenvalue weighted by Gasteiger charge is -2.10. The number of ether oxygens (including phenoxy) is 1. The van der Waals surface area contributed by atoms with Crippen LogP contribution in [0.2, 0.25) is 0 Å². The molecule has 2 heterocycles. The van der Waals surface area contributed by atoms with Crippen molar-refractivity contribution in [3.05, 3.63) is 58.6 Å². The maximum Gasteiger partial charge on any atom is 0.217 e. The first kappa shape index (κ1) is 12.2. The first-order chi connectivity index (χ1) is 9.25. The summed E-state index contributed by atoms with van der Waals surface area (Å²) in [7, 11) is 0. The summed E-state index contributed by atoms with van der Waals surface area (Å²) in [6.45, 7) is 4.67. The largest absolute Gasteiger partial charge is 0.473 e. The molecule has 0 aliphatic heterocycles. The van der Waals surface area contributed by atoms with E-state index in [1.807, 2.05) is 25.1 Å². The molecule has 0 radical (unpaired) electrons. The number of aromatic nitrogens is 1. The molecule has 0 N–H and O–H groups in total. The van der Waals surface area contributed by atoms with E-state index in [1.54, 1.807) is 11.3 Å². The lowest BCUT2D eigenvalue weighted by Crippen LogP contribution is -2.00. The summed E-state index contributed by atoms with van der Waals surface area (Å²) >= 11 is 1.73. The van der Waals surface area contributed by atoms with Crippen molar-refractivity contribution < 1.29 is 4.74 Å². The predicted octanol–water partition coefficient (Wildman–Crippen LogP) is 4.49. The highest BCUT2D eigenvalue weighted by molar-refractivity contribution is 7.17. The highest BCUT2D eigenvalue weighted by Gasteiger charge is 2.10. The van der Waals surface area contributed by atoms with E-state index < -0.39 is 0 Å². The summed E-state index contributed by atoms with van der Waals surface area (Å²) in [6.07, 6.45) is 0. The molecule has 2 aromatic heterocycles. The Balaban J connectivity index is 1.91. The molecule has 0 saturated heterocycles. The number of hydrogen-bond donors (Lipinski definition) is 0. The van der Waals surface area contributed by atoms with E-state index in [-0.39, 0.29) is 0 Å². The Morgan fingerprint density at radius 2 is 1.89 bits per heavy atom. The van der Waals surface area contributed by atoms with Crippen LogP contribution in [0.5, 0.6) is 5.88 Å². The second-order valence-electron chi connectivity index (χ2n) is 4.57. The van der Waals surface area contributed by atoms with Crippen molar-refractivity contribution in [2.45, 2.75) is 20.5 Å². The summed E-state index contributed by atoms with van der Waals surface area (Å²) < 4.78 is 7.13. The number of hydrogen-bond acceptors (Lipinski definition) is 3. The molecule has 0 aliphatic carbocycles. The van der Waals surface area contributed by atoms with E-state index in [2.05, 4.69) is 35.5 Å². The molecule has 2 nitrogen and oxygen atoms in total. The molecule has 96 valence electrons. The SMILES string of the molecule is Cc1c(OCc2ccccc2)nc(C)c2sccc12. The van der Waals surface area contributed by atoms with E-state index in [1.165, 1.54) is 10.1 Å². The van der Waals surface area contributed by atoms with Crippen LogP contribution < -0.4 is 4.74 Å². The molecule has 1 aromatic carbocycles. The van der Waals surface area contributed by atoms with Gasteiger partial charge in [-0.2, -0.15) is 0 Å². The van der Waals surface area contributed by atoms with Gasteiger partial charge in [-0.05, 0) is 30.9 Å². The van der Waals surface area contributed by atoms with Gasteiger partial charge in [-0.25, -0.2) is 4.98 Å². The van der Waals surface area contributed by atoms with E-state index in [4.69, 9.17) is 4.74 Å². The third-order valence-electron chi connectivity index (χ3n) is 3.21. The van der Waals surface area contributed by atoms with Crippen molar-refractivity contribution in [1.29, 1.82) is 0 Å². The fourth-order valence-electron chi connectivity index (χ4n) is 2.15. The summed E-state index contributed by atoms with van der Waals surface area (Å²) in [6, 6.07) is 12.3. The van der Waals surface area contributed by atoms with Gasteiger partial charge in [-0.3, -0.25) is 0 Å². The van der Waals surface area contributed by atoms with Crippen molar-refractivity contribution in [2.75, 3.05) is 0 Å². The molecule has 0 atom stereocenters. The summed E-state index contributed by atoms with van der Waals surface area (Å²) in [5, 5.41) is 3.36. The highest BCUT2D eigenvalue weighted by atomic mass is 32.1. The molecule has 0 fully saturated rings. The summed E-state index contributed by atoms with van der Waals surface area (Å²) in [5.41, 5.74) is 3.32. The zero-order valence-electron chi connectivity index (χ0n) is 11.0. The number of rotatable bonds is 3. The van der Waals surface area contributed by atoms with Crippen LogP contribution in [0.1, 0.15) is 16.8 Å². The van der Waals surface area contributed by atoms with Crippen LogP contribution in [0.25, 0.3) is 10.1 Å². The maximum absolute atomic E-state index is 5.87. The van der Waals surface area contributed by atoms with Gasteiger partial charge in [0.1, 0.15) is 6.61 Å². The Hall–Kier alpha value is -1.87. The topological polar surface area (TPSA) is 22.1 Å². The number of benzene rings is 1. The number of pyridine rings is 1. The molecular formula is C16H15NOS. The first-order valence-corrected chi connectivity index (χ1v) is 7.15. The van der Waals surface area contributed by atoms with Crippen molar-refractivity contribution >= 4 is 21.4 Å². The minimum absolute atomic E-state index is 0.559. The number of nitrogens with zero attached hydrogens (tertiary/aromatic N) is 1. The van der Waals surface area contributed by atoms with Gasteiger partial charge in [0, 0.05) is 10.9 Å². The lowest BCUT2D eigenvalue weighted by molar-refractivity contribution is 0.292. The highest BCUT2D eigenvalue weighted by Crippen LogP contribution is 2.31. The van der Waals surface area contributed by atoms with Gasteiger partial charge in [-0.1, -0.05) is 30.3 Å². The third kappa shape index (κ3) is 2.34. The molecule has 19 heavy (non-hydrogen) atoms. The van der Waals surface area contributed by atoms with Crippen LogP contribution in [0.3, 0.4) is 0 Å². The molecular weight excluding hydrogens is 254 g/mol. The summed E-state index contributed by atoms with van der Waals surface area (Å²) in [4.78, 5) is 4.58. The average Bonchev–Trinajstić information content (AvgIpc) is 2.92. The van der Waals surface area contributed by atoms with Gasteiger partial charge < -0.3 is 4.74 Å². The average molecular weight is 269 g/mol. The maximum atomic E-state index is 5.87. The molecule has 0 unspecified atom stereocenters. The fourth-order valence-corrected chi connectivity index (χ4v) is 3.06. The Bertz CT molecular complexity index is 703. The van der Waals surface area contributed by atoms with Gasteiger partial charge >= 0.3 is 0 Å². The van der Waals surface area contributed by atoms with Gasteiger partial charge in [0.15, 0.2) is 0 Å². The van der Waals surface area contributed by atoms with E-state index >= 15 is 0 Å². The van der Waals surface area contributed by atoms with Gasteiger partial charge in [0.05, 0.1) is 10.4 Å². The molecule has 3 heteroatoms. The molecule has 0 amide bonds. The Labute approximate surface area is 116 Å². The van der Waals surface area contributed by atoms with Crippen LogP contribution >= 0.6 is 11.3 Å². The standard InChI is InChI=1S/C16H15NOS/c1-11-14-8-9-19-15(14)12(2)17-16(11)18-10-13-6-4-3-5-7-13/h3-9H,10H2,1-2H3. The second kappa shape index (κ2) is 5.02.